The second-order valence-electron chi connectivity index (χ2n) is 5.33. The molecule has 1 aromatic carbocycles. The molecule has 0 unspecified atom stereocenters. The molecule has 1 aliphatic heterocycles. The molecule has 17 heavy (non-hydrogen) atoms. The maximum absolute atomic E-state index is 12.0. The van der Waals surface area contributed by atoms with E-state index < -0.39 is 5.54 Å². The molecule has 4 heteroatoms. The smallest absolute Gasteiger partial charge is 0.224 e. The van der Waals surface area contributed by atoms with Gasteiger partial charge in [-0.3, -0.25) is 4.79 Å². The number of halogens is 1. The molecule has 1 heterocycles. The minimum atomic E-state index is -0.455. The summed E-state index contributed by atoms with van der Waals surface area (Å²) in [7, 11) is 0. The Bertz CT molecular complexity index is 451. The monoisotopic (exact) mass is 252 g/mol. The van der Waals surface area contributed by atoms with Crippen LogP contribution >= 0.6 is 11.6 Å². The van der Waals surface area contributed by atoms with Crippen molar-refractivity contribution in [2.45, 2.75) is 38.9 Å². The minimum absolute atomic E-state index is 0.102. The van der Waals surface area contributed by atoms with Crippen molar-refractivity contribution < 1.29 is 4.79 Å². The Morgan fingerprint density at radius 3 is 2.71 bits per heavy atom. The first-order valence-electron chi connectivity index (χ1n) is 5.69. The molecule has 0 atom stereocenters. The number of fused-ring (bicyclic) bond motifs is 1. The van der Waals surface area contributed by atoms with Gasteiger partial charge in [-0.2, -0.15) is 0 Å². The van der Waals surface area contributed by atoms with Crippen molar-refractivity contribution in [3.05, 3.63) is 34.3 Å². The van der Waals surface area contributed by atoms with Gasteiger partial charge in [-0.1, -0.05) is 17.7 Å². The molecule has 3 nitrogen and oxygen atoms in total. The van der Waals surface area contributed by atoms with Crippen LogP contribution in [0.4, 0.5) is 0 Å². The molecule has 1 aliphatic rings. The van der Waals surface area contributed by atoms with Crippen LogP contribution < -0.4 is 5.73 Å². The van der Waals surface area contributed by atoms with Crippen molar-refractivity contribution in [2.75, 3.05) is 0 Å². The van der Waals surface area contributed by atoms with E-state index in [1.165, 1.54) is 5.56 Å². The second kappa shape index (κ2) is 4.31. The highest BCUT2D eigenvalue weighted by Crippen LogP contribution is 2.26. The fraction of sp³-hybridized carbons (Fsp3) is 0.462. The lowest BCUT2D eigenvalue weighted by atomic mass is 10.0. The Kier molecular flexibility index (Phi) is 3.15. The van der Waals surface area contributed by atoms with Gasteiger partial charge in [0.05, 0.1) is 0 Å². The van der Waals surface area contributed by atoms with Gasteiger partial charge in [0.2, 0.25) is 5.91 Å². The Morgan fingerprint density at radius 1 is 1.41 bits per heavy atom. The Labute approximate surface area is 107 Å². The number of amides is 1. The molecule has 0 fully saturated rings. The van der Waals surface area contributed by atoms with Crippen LogP contribution in [0.5, 0.6) is 0 Å². The Morgan fingerprint density at radius 2 is 2.06 bits per heavy atom. The number of hydrogen-bond acceptors (Lipinski definition) is 2. The highest BCUT2D eigenvalue weighted by Gasteiger charge is 2.26. The Balaban J connectivity index is 2.07. The molecule has 92 valence electrons. The zero-order valence-electron chi connectivity index (χ0n) is 10.2. The van der Waals surface area contributed by atoms with Crippen LogP contribution in [0.15, 0.2) is 18.2 Å². The van der Waals surface area contributed by atoms with E-state index in [2.05, 4.69) is 0 Å². The maximum atomic E-state index is 12.0. The van der Waals surface area contributed by atoms with Crippen molar-refractivity contribution in [3.8, 4) is 0 Å². The van der Waals surface area contributed by atoms with Crippen LogP contribution in [0.2, 0.25) is 5.02 Å². The Hall–Kier alpha value is -1.06. The van der Waals surface area contributed by atoms with Crippen molar-refractivity contribution in [1.29, 1.82) is 0 Å². The van der Waals surface area contributed by atoms with Gasteiger partial charge < -0.3 is 10.6 Å². The predicted molar refractivity (Wildman–Crippen MR) is 68.6 cm³/mol. The third kappa shape index (κ3) is 2.99. The number of nitrogens with zero attached hydrogens (tertiary/aromatic N) is 1. The molecule has 0 saturated heterocycles. The first-order chi connectivity index (χ1) is 7.85. The molecular formula is C13H17ClN2O. The average molecular weight is 253 g/mol. The number of carbonyl (C=O) groups excluding carboxylic acids is 1. The first kappa shape index (κ1) is 12.4. The maximum Gasteiger partial charge on any atom is 0.224 e. The fourth-order valence-electron chi connectivity index (χ4n) is 2.04. The normalized spacial score (nSPS) is 14.9. The van der Waals surface area contributed by atoms with E-state index in [4.69, 9.17) is 17.3 Å². The molecule has 2 N–H and O–H groups in total. The highest BCUT2D eigenvalue weighted by atomic mass is 35.5. The lowest BCUT2D eigenvalue weighted by Gasteiger charge is -2.22. The van der Waals surface area contributed by atoms with Crippen LogP contribution in [0, 0.1) is 0 Å². The molecule has 1 aromatic rings. The van der Waals surface area contributed by atoms with Gasteiger partial charge in [-0.25, -0.2) is 0 Å². The molecule has 0 saturated carbocycles. The molecular weight excluding hydrogens is 236 g/mol. The molecule has 0 spiro atoms. The fourth-order valence-corrected chi connectivity index (χ4v) is 2.24. The van der Waals surface area contributed by atoms with Crippen LogP contribution in [0.25, 0.3) is 0 Å². The van der Waals surface area contributed by atoms with Gasteiger partial charge in [-0.05, 0) is 37.1 Å². The summed E-state index contributed by atoms with van der Waals surface area (Å²) in [6.07, 6.45) is 0.370. The summed E-state index contributed by atoms with van der Waals surface area (Å²) in [6, 6.07) is 5.78. The zero-order chi connectivity index (χ0) is 12.6. The number of benzene rings is 1. The molecule has 1 amide bonds. The number of carbonyl (C=O) groups is 1. The van der Waals surface area contributed by atoms with Crippen molar-refractivity contribution in [3.63, 3.8) is 0 Å². The average Bonchev–Trinajstić information content (AvgIpc) is 2.57. The van der Waals surface area contributed by atoms with Gasteiger partial charge in [0.15, 0.2) is 0 Å². The van der Waals surface area contributed by atoms with E-state index in [9.17, 15) is 4.79 Å². The number of hydrogen-bond donors (Lipinski definition) is 1. The summed E-state index contributed by atoms with van der Waals surface area (Å²) < 4.78 is 0. The van der Waals surface area contributed by atoms with E-state index in [0.29, 0.717) is 19.5 Å². The van der Waals surface area contributed by atoms with Crippen LogP contribution in [0.3, 0.4) is 0 Å². The molecule has 0 radical (unpaired) electrons. The predicted octanol–water partition coefficient (Wildman–Crippen LogP) is 2.31. The van der Waals surface area contributed by atoms with E-state index in [0.717, 1.165) is 10.6 Å². The van der Waals surface area contributed by atoms with Gasteiger partial charge in [0.25, 0.3) is 0 Å². The van der Waals surface area contributed by atoms with Gasteiger partial charge in [-0.15, -0.1) is 0 Å². The summed E-state index contributed by atoms with van der Waals surface area (Å²) in [5.41, 5.74) is 7.73. The van der Waals surface area contributed by atoms with Gasteiger partial charge >= 0.3 is 0 Å². The lowest BCUT2D eigenvalue weighted by Crippen LogP contribution is -2.39. The largest absolute Gasteiger partial charge is 0.334 e. The van der Waals surface area contributed by atoms with E-state index in [1.807, 2.05) is 36.9 Å². The van der Waals surface area contributed by atoms with Crippen molar-refractivity contribution in [2.24, 2.45) is 5.73 Å². The topological polar surface area (TPSA) is 46.3 Å². The highest BCUT2D eigenvalue weighted by molar-refractivity contribution is 6.30. The van der Waals surface area contributed by atoms with Crippen LogP contribution in [0.1, 0.15) is 31.4 Å². The minimum Gasteiger partial charge on any atom is -0.334 e. The summed E-state index contributed by atoms with van der Waals surface area (Å²) in [5.74, 6) is 0.102. The van der Waals surface area contributed by atoms with Crippen LogP contribution in [-0.2, 0) is 17.9 Å². The third-order valence-electron chi connectivity index (χ3n) is 2.85. The van der Waals surface area contributed by atoms with E-state index in [-0.39, 0.29) is 5.91 Å². The van der Waals surface area contributed by atoms with Crippen LogP contribution in [-0.4, -0.2) is 16.3 Å². The molecule has 0 bridgehead atoms. The standard InChI is InChI=1S/C13H17ClN2O/c1-13(2,15)6-12(17)16-7-9-3-4-11(14)5-10(9)8-16/h3-5H,6-8,15H2,1-2H3. The molecule has 0 aliphatic carbocycles. The van der Waals surface area contributed by atoms with Gasteiger partial charge in [0, 0.05) is 30.1 Å². The van der Waals surface area contributed by atoms with Gasteiger partial charge in [0.1, 0.15) is 0 Å². The summed E-state index contributed by atoms with van der Waals surface area (Å²) in [6.45, 7) is 5.04. The number of rotatable bonds is 2. The summed E-state index contributed by atoms with van der Waals surface area (Å²) in [5, 5.41) is 0.720. The first-order valence-corrected chi connectivity index (χ1v) is 6.07. The molecule has 0 aromatic heterocycles. The summed E-state index contributed by atoms with van der Waals surface area (Å²) >= 11 is 5.93. The summed E-state index contributed by atoms with van der Waals surface area (Å²) in [4.78, 5) is 13.9. The van der Waals surface area contributed by atoms with Crippen molar-refractivity contribution >= 4 is 17.5 Å². The zero-order valence-corrected chi connectivity index (χ0v) is 10.9. The van der Waals surface area contributed by atoms with E-state index in [1.54, 1.807) is 0 Å². The van der Waals surface area contributed by atoms with Crippen molar-refractivity contribution in [1.82, 2.24) is 4.90 Å². The quantitative estimate of drug-likeness (QED) is 0.878. The SMILES string of the molecule is CC(C)(N)CC(=O)N1Cc2ccc(Cl)cc2C1. The number of nitrogens with two attached hydrogens (primary N) is 1. The third-order valence-corrected chi connectivity index (χ3v) is 3.09. The van der Waals surface area contributed by atoms with E-state index >= 15 is 0 Å². The lowest BCUT2D eigenvalue weighted by molar-refractivity contribution is -0.132. The molecule has 2 rings (SSSR count). The second-order valence-corrected chi connectivity index (χ2v) is 5.76.